The Labute approximate surface area is 234 Å². The van der Waals surface area contributed by atoms with Gasteiger partial charge in [-0.05, 0) is 6.08 Å². The van der Waals surface area contributed by atoms with Gasteiger partial charge in [0.2, 0.25) is 5.91 Å². The summed E-state index contributed by atoms with van der Waals surface area (Å²) in [6.07, 6.45) is 7.38. The largest absolute Gasteiger partial charge is 0.383 e. The third kappa shape index (κ3) is 5.92. The number of carbonyl (C=O) groups excluding carboxylic acids is 1. The van der Waals surface area contributed by atoms with E-state index in [-0.39, 0.29) is 18.3 Å². The number of H-pyrrole nitrogens is 1. The summed E-state index contributed by atoms with van der Waals surface area (Å²) in [5.74, 6) is 0.509. The number of nitrogens with zero attached hydrogens (tertiary/aromatic N) is 6. The van der Waals surface area contributed by atoms with Crippen molar-refractivity contribution < 1.29 is 28.3 Å². The van der Waals surface area contributed by atoms with Gasteiger partial charge in [-0.2, -0.15) is 0 Å². The number of hydrogen-bond acceptors (Lipinski definition) is 12. The Morgan fingerprint density at radius 3 is 2.85 bits per heavy atom. The minimum atomic E-state index is -3.76. The number of methoxy groups -OCH3 is 1. The molecule has 1 amide bonds. The Morgan fingerprint density at radius 2 is 2.07 bits per heavy atom. The number of aromatic nitrogens is 7. The zero-order valence-electron chi connectivity index (χ0n) is 22.6. The normalized spacial score (nSPS) is 20.5. The number of nitrogens with one attached hydrogen (secondary N) is 3. The highest BCUT2D eigenvalue weighted by Gasteiger charge is 2.46. The van der Waals surface area contributed by atoms with Crippen LogP contribution in [0.1, 0.15) is 25.6 Å². The molecule has 0 bridgehead atoms. The van der Waals surface area contributed by atoms with E-state index in [1.165, 1.54) is 32.2 Å². The van der Waals surface area contributed by atoms with Gasteiger partial charge in [0.05, 0.1) is 24.0 Å². The quantitative estimate of drug-likeness (QED) is 0.0903. The van der Waals surface area contributed by atoms with E-state index >= 15 is 0 Å². The van der Waals surface area contributed by atoms with Crippen molar-refractivity contribution >= 4 is 53.4 Å². The molecule has 17 heteroatoms. The lowest BCUT2D eigenvalue weighted by atomic mass is 10.1. The molecular weight excluding hydrogens is 555 g/mol. The summed E-state index contributed by atoms with van der Waals surface area (Å²) in [7, 11) is -2.24. The number of fused-ring (bicyclic) bond motifs is 2. The third-order valence-corrected chi connectivity index (χ3v) is 8.43. The summed E-state index contributed by atoms with van der Waals surface area (Å²) in [6.45, 7) is 3.88. The van der Waals surface area contributed by atoms with Crippen LogP contribution in [0.5, 0.6) is 0 Å². The Hall–Kier alpha value is -3.95. The van der Waals surface area contributed by atoms with E-state index in [0.717, 1.165) is 0 Å². The van der Waals surface area contributed by atoms with E-state index in [1.54, 1.807) is 30.7 Å². The summed E-state index contributed by atoms with van der Waals surface area (Å²) in [5, 5.41) is 6.49. The van der Waals surface area contributed by atoms with Gasteiger partial charge in [-0.3, -0.25) is 9.36 Å². The molecule has 0 saturated carbocycles. The highest BCUT2D eigenvalue weighted by atomic mass is 31.2. The summed E-state index contributed by atoms with van der Waals surface area (Å²) >= 11 is 0. The predicted octanol–water partition coefficient (Wildman–Crippen LogP) is 1.44. The van der Waals surface area contributed by atoms with Crippen LogP contribution in [0.15, 0.2) is 31.3 Å². The molecule has 1 fully saturated rings. The van der Waals surface area contributed by atoms with Crippen molar-refractivity contribution in [2.75, 3.05) is 37.9 Å². The van der Waals surface area contributed by atoms with Crippen LogP contribution < -0.4 is 16.4 Å². The molecule has 6 N–H and O–H groups in total. The van der Waals surface area contributed by atoms with Crippen molar-refractivity contribution in [2.45, 2.75) is 37.9 Å². The van der Waals surface area contributed by atoms with E-state index in [0.29, 0.717) is 46.7 Å². The van der Waals surface area contributed by atoms with Crippen LogP contribution in [-0.2, 0) is 23.4 Å². The summed E-state index contributed by atoms with van der Waals surface area (Å²) < 4.78 is 30.7. The Bertz CT molecular complexity index is 1620. The molecule has 1 saturated heterocycles. The van der Waals surface area contributed by atoms with E-state index in [1.807, 2.05) is 0 Å². The molecule has 4 unspecified atom stereocenters. The van der Waals surface area contributed by atoms with E-state index in [9.17, 15) is 14.3 Å². The van der Waals surface area contributed by atoms with Crippen LogP contribution in [0, 0.1) is 0 Å². The fraction of sp³-hybridized carbons (Fsp3) is 0.417. The number of nitrogen functional groups attached to an aromatic ring is 1. The lowest BCUT2D eigenvalue weighted by Crippen LogP contribution is -2.53. The Balaban J connectivity index is 1.23. The van der Waals surface area contributed by atoms with Crippen LogP contribution in [0.25, 0.3) is 28.3 Å². The molecule has 16 nitrogen and oxygen atoms in total. The molecule has 4 aromatic rings. The maximum absolute atomic E-state index is 12.5. The van der Waals surface area contributed by atoms with Crippen molar-refractivity contribution in [2.24, 2.45) is 0 Å². The smallest absolute Gasteiger partial charge is 0.330 e. The van der Waals surface area contributed by atoms with E-state index < -0.39 is 31.7 Å². The van der Waals surface area contributed by atoms with Gasteiger partial charge in [-0.15, -0.1) is 0 Å². The number of aromatic amines is 1. The van der Waals surface area contributed by atoms with Crippen molar-refractivity contribution in [3.63, 3.8) is 0 Å². The molecule has 4 aromatic heterocycles. The number of ether oxygens (including phenoxy) is 2. The van der Waals surface area contributed by atoms with Crippen LogP contribution in [0.2, 0.25) is 0 Å². The third-order valence-electron chi connectivity index (χ3n) is 6.61. The molecule has 1 aliphatic rings. The molecule has 41 heavy (non-hydrogen) atoms. The number of nitrogens with two attached hydrogens (primary N) is 1. The van der Waals surface area contributed by atoms with Crippen molar-refractivity contribution in [3.8, 4) is 0 Å². The second kappa shape index (κ2) is 11.9. The molecule has 5 rings (SSSR count). The van der Waals surface area contributed by atoms with Gasteiger partial charge in [0.15, 0.2) is 17.7 Å². The molecule has 218 valence electrons. The fourth-order valence-corrected chi connectivity index (χ4v) is 4.99. The monoisotopic (exact) mass is 586 g/mol. The number of carbonyl (C=O) groups is 1. The van der Waals surface area contributed by atoms with Crippen LogP contribution in [-0.4, -0.2) is 89.9 Å². The van der Waals surface area contributed by atoms with Crippen molar-refractivity contribution in [1.29, 1.82) is 0 Å². The lowest BCUT2D eigenvalue weighted by molar-refractivity contribution is -0.271. The van der Waals surface area contributed by atoms with Crippen molar-refractivity contribution in [3.05, 3.63) is 36.8 Å². The van der Waals surface area contributed by atoms with Gasteiger partial charge >= 0.3 is 7.60 Å². The topological polar surface area (TPSA) is 217 Å². The molecule has 1 aliphatic heterocycles. The first-order valence-electron chi connectivity index (χ1n) is 12.8. The van der Waals surface area contributed by atoms with Crippen LogP contribution in [0.4, 0.5) is 11.6 Å². The Kier molecular flexibility index (Phi) is 8.28. The molecular formula is C24H31N10O6P. The lowest BCUT2D eigenvalue weighted by Gasteiger charge is -2.44. The van der Waals surface area contributed by atoms with E-state index in [4.69, 9.17) is 19.7 Å². The number of amides is 1. The maximum Gasteiger partial charge on any atom is 0.330 e. The van der Waals surface area contributed by atoms with Gasteiger partial charge in [-0.25, -0.2) is 24.9 Å². The molecule has 5 heterocycles. The van der Waals surface area contributed by atoms with E-state index in [2.05, 4.69) is 40.5 Å². The maximum atomic E-state index is 12.5. The zero-order valence-corrected chi connectivity index (χ0v) is 23.5. The Morgan fingerprint density at radius 1 is 1.27 bits per heavy atom. The second-order valence-corrected chi connectivity index (χ2v) is 12.0. The first-order valence-corrected chi connectivity index (χ1v) is 14.4. The second-order valence-electron chi connectivity index (χ2n) is 9.54. The average molecular weight is 587 g/mol. The minimum Gasteiger partial charge on any atom is -0.383 e. The standard InChI is InChI=1S/C24H31N10O6P/c1-13(2)41(36,37)39-9-15-19(38-3)24(40-15)34-8-14(17-20(25)29-11-33-23(17)34)4-5-16(35)26-6-7-27-21-18-22(30-10-28-18)32-12-31-21/h4-5,8,10-13,15,19,24H,6-7,9H2,1-3H3,(H,26,35)(H,36,37)(H2,25,29,33)(H2,27,28,30,31,32)/b5-4+. The predicted molar refractivity (Wildman–Crippen MR) is 150 cm³/mol. The zero-order chi connectivity index (χ0) is 29.1. The van der Waals surface area contributed by atoms with Crippen LogP contribution >= 0.6 is 7.60 Å². The first-order chi connectivity index (χ1) is 19.7. The first kappa shape index (κ1) is 28.6. The molecule has 0 aliphatic carbocycles. The number of anilines is 2. The van der Waals surface area contributed by atoms with Gasteiger partial charge in [0, 0.05) is 38.0 Å². The number of imidazole rings is 1. The number of rotatable bonds is 12. The summed E-state index contributed by atoms with van der Waals surface area (Å²) in [4.78, 5) is 46.3. The van der Waals surface area contributed by atoms with Gasteiger partial charge in [0.1, 0.15) is 41.8 Å². The van der Waals surface area contributed by atoms with Gasteiger partial charge in [0.25, 0.3) is 0 Å². The highest BCUT2D eigenvalue weighted by Crippen LogP contribution is 2.48. The molecule has 4 atom stereocenters. The summed E-state index contributed by atoms with van der Waals surface area (Å²) in [6, 6.07) is 0. The fourth-order valence-electron chi connectivity index (χ4n) is 4.33. The van der Waals surface area contributed by atoms with Gasteiger partial charge in [-0.1, -0.05) is 13.8 Å². The number of hydrogen-bond donors (Lipinski definition) is 5. The van der Waals surface area contributed by atoms with Crippen molar-refractivity contribution in [1.82, 2.24) is 39.8 Å². The molecule has 0 spiro atoms. The molecule has 0 radical (unpaired) electrons. The highest BCUT2D eigenvalue weighted by molar-refractivity contribution is 7.53. The molecule has 0 aromatic carbocycles. The minimum absolute atomic E-state index is 0.108. The van der Waals surface area contributed by atoms with Crippen LogP contribution in [0.3, 0.4) is 0 Å². The summed E-state index contributed by atoms with van der Waals surface area (Å²) in [5.41, 5.74) is 7.94. The SMILES string of the molecule is COC1C(COP(=O)(O)C(C)C)OC1n1cc(/C=C/C(=O)NCCNc2ncnc3nc[nH]c23)c2c(N)ncnc21. The average Bonchev–Trinajstić information content (AvgIpc) is 3.55. The van der Waals surface area contributed by atoms with Gasteiger partial charge < -0.3 is 44.8 Å².